The first kappa shape index (κ1) is 11.4. The summed E-state index contributed by atoms with van der Waals surface area (Å²) in [6.07, 6.45) is 7.36. The first-order chi connectivity index (χ1) is 8.18. The molecule has 0 aromatic carbocycles. The topological polar surface area (TPSA) is 46.0 Å². The molecule has 0 saturated carbocycles. The van der Waals surface area contributed by atoms with Crippen molar-refractivity contribution < 1.29 is 0 Å². The number of nitrogens with zero attached hydrogens (tertiary/aromatic N) is 4. The molecule has 0 saturated heterocycles. The van der Waals surface area contributed by atoms with Gasteiger partial charge in [-0.1, -0.05) is 0 Å². The Morgan fingerprint density at radius 3 is 2.82 bits per heavy atom. The van der Waals surface area contributed by atoms with E-state index in [-0.39, 0.29) is 0 Å². The van der Waals surface area contributed by atoms with E-state index < -0.39 is 0 Å². The number of anilines is 2. The zero-order valence-electron chi connectivity index (χ0n) is 10.4. The lowest BCUT2D eigenvalue weighted by molar-refractivity contribution is 0.812. The molecular formula is C12H17N5. The highest BCUT2D eigenvalue weighted by Gasteiger charge is 2.05. The van der Waals surface area contributed by atoms with E-state index in [9.17, 15) is 0 Å². The van der Waals surface area contributed by atoms with Gasteiger partial charge in [0.05, 0.1) is 24.1 Å². The van der Waals surface area contributed by atoms with Crippen LogP contribution in [0.4, 0.5) is 11.4 Å². The van der Waals surface area contributed by atoms with Gasteiger partial charge < -0.3 is 14.8 Å². The molecule has 5 nitrogen and oxygen atoms in total. The van der Waals surface area contributed by atoms with Crippen molar-refractivity contribution in [2.24, 2.45) is 7.05 Å². The Bertz CT molecular complexity index is 489. The normalized spacial score (nSPS) is 10.3. The minimum Gasteiger partial charge on any atom is -0.376 e. The molecule has 2 rings (SSSR count). The zero-order chi connectivity index (χ0) is 12.3. The van der Waals surface area contributed by atoms with Gasteiger partial charge in [0.15, 0.2) is 0 Å². The highest BCUT2D eigenvalue weighted by molar-refractivity contribution is 5.67. The Morgan fingerprint density at radius 1 is 1.35 bits per heavy atom. The molecule has 0 unspecified atom stereocenters. The molecule has 0 aliphatic heterocycles. The number of rotatable bonds is 4. The lowest BCUT2D eigenvalue weighted by Crippen LogP contribution is -2.13. The number of imidazole rings is 1. The summed E-state index contributed by atoms with van der Waals surface area (Å²) in [6, 6.07) is 1.99. The van der Waals surface area contributed by atoms with Gasteiger partial charge in [-0.05, 0) is 6.07 Å². The van der Waals surface area contributed by atoms with Crippen molar-refractivity contribution >= 4 is 11.4 Å². The fourth-order valence-electron chi connectivity index (χ4n) is 1.65. The minimum absolute atomic E-state index is 0.691. The minimum atomic E-state index is 0.691. The fourth-order valence-corrected chi connectivity index (χ4v) is 1.65. The third-order valence-corrected chi connectivity index (χ3v) is 2.64. The van der Waals surface area contributed by atoms with Crippen LogP contribution >= 0.6 is 0 Å². The Labute approximate surface area is 101 Å². The fraction of sp³-hybridized carbons (Fsp3) is 0.333. The van der Waals surface area contributed by atoms with E-state index >= 15 is 0 Å². The highest BCUT2D eigenvalue weighted by Crippen LogP contribution is 2.22. The molecule has 0 aliphatic carbocycles. The first-order valence-electron chi connectivity index (χ1n) is 5.50. The second-order valence-electron chi connectivity index (χ2n) is 4.10. The number of nitrogens with one attached hydrogen (secondary N) is 1. The van der Waals surface area contributed by atoms with Crippen LogP contribution in [0, 0.1) is 0 Å². The summed E-state index contributed by atoms with van der Waals surface area (Å²) in [5.74, 6) is 0.999. The van der Waals surface area contributed by atoms with Gasteiger partial charge >= 0.3 is 0 Å². The monoisotopic (exact) mass is 231 g/mol. The zero-order valence-corrected chi connectivity index (χ0v) is 10.4. The van der Waals surface area contributed by atoms with Gasteiger partial charge in [0.25, 0.3) is 0 Å². The molecule has 90 valence electrons. The van der Waals surface area contributed by atoms with Gasteiger partial charge in [0.2, 0.25) is 0 Å². The molecule has 0 spiro atoms. The van der Waals surface area contributed by atoms with E-state index in [4.69, 9.17) is 0 Å². The Hall–Kier alpha value is -2.04. The van der Waals surface area contributed by atoms with Crippen LogP contribution in [0.3, 0.4) is 0 Å². The molecule has 2 heterocycles. The summed E-state index contributed by atoms with van der Waals surface area (Å²) in [6.45, 7) is 0.691. The number of pyridine rings is 1. The quantitative estimate of drug-likeness (QED) is 0.866. The van der Waals surface area contributed by atoms with Crippen molar-refractivity contribution in [3.8, 4) is 0 Å². The summed E-state index contributed by atoms with van der Waals surface area (Å²) in [5.41, 5.74) is 2.13. The lowest BCUT2D eigenvalue weighted by atomic mass is 10.3. The molecule has 0 aliphatic rings. The molecule has 0 atom stereocenters. The maximum atomic E-state index is 4.27. The van der Waals surface area contributed by atoms with Crippen molar-refractivity contribution in [2.45, 2.75) is 6.54 Å². The first-order valence-corrected chi connectivity index (χ1v) is 5.50. The lowest BCUT2D eigenvalue weighted by Gasteiger charge is -2.17. The van der Waals surface area contributed by atoms with Crippen LogP contribution in [0.1, 0.15) is 5.82 Å². The number of aromatic nitrogens is 3. The van der Waals surface area contributed by atoms with Crippen molar-refractivity contribution in [1.29, 1.82) is 0 Å². The van der Waals surface area contributed by atoms with Gasteiger partial charge in [-0.25, -0.2) is 4.98 Å². The number of hydrogen-bond donors (Lipinski definition) is 1. The molecule has 0 fully saturated rings. The van der Waals surface area contributed by atoms with Crippen LogP contribution in [0.15, 0.2) is 30.9 Å². The predicted octanol–water partition coefficient (Wildman–Crippen LogP) is 1.49. The van der Waals surface area contributed by atoms with Crippen molar-refractivity contribution in [3.05, 3.63) is 36.7 Å². The predicted molar refractivity (Wildman–Crippen MR) is 69.1 cm³/mol. The third kappa shape index (κ3) is 2.55. The van der Waals surface area contributed by atoms with E-state index in [1.54, 1.807) is 12.4 Å². The molecule has 2 aromatic heterocycles. The highest BCUT2D eigenvalue weighted by atomic mass is 15.1. The van der Waals surface area contributed by atoms with Crippen molar-refractivity contribution in [3.63, 3.8) is 0 Å². The van der Waals surface area contributed by atoms with Gasteiger partial charge in [-0.15, -0.1) is 0 Å². The second-order valence-corrected chi connectivity index (χ2v) is 4.10. The summed E-state index contributed by atoms with van der Waals surface area (Å²) in [4.78, 5) is 10.5. The summed E-state index contributed by atoms with van der Waals surface area (Å²) >= 11 is 0. The molecule has 0 radical (unpaired) electrons. The van der Waals surface area contributed by atoms with Crippen LogP contribution in [0.2, 0.25) is 0 Å². The average molecular weight is 231 g/mol. The molecule has 0 amide bonds. The molecule has 0 bridgehead atoms. The van der Waals surface area contributed by atoms with Gasteiger partial charge in [-0.2, -0.15) is 0 Å². The number of aryl methyl sites for hydroxylation is 1. The maximum Gasteiger partial charge on any atom is 0.127 e. The molecular weight excluding hydrogens is 214 g/mol. The van der Waals surface area contributed by atoms with E-state index in [0.717, 1.165) is 17.2 Å². The Morgan fingerprint density at radius 2 is 2.18 bits per heavy atom. The van der Waals surface area contributed by atoms with Crippen LogP contribution in [0.5, 0.6) is 0 Å². The average Bonchev–Trinajstić information content (AvgIpc) is 2.72. The van der Waals surface area contributed by atoms with Crippen molar-refractivity contribution in [1.82, 2.24) is 14.5 Å². The molecule has 5 heteroatoms. The van der Waals surface area contributed by atoms with E-state index in [2.05, 4.69) is 20.2 Å². The summed E-state index contributed by atoms with van der Waals surface area (Å²) in [7, 11) is 6.02. The van der Waals surface area contributed by atoms with Gasteiger partial charge in [0, 0.05) is 39.7 Å². The van der Waals surface area contributed by atoms with E-state index in [0.29, 0.717) is 6.54 Å². The number of hydrogen-bond acceptors (Lipinski definition) is 4. The van der Waals surface area contributed by atoms with Crippen LogP contribution in [0.25, 0.3) is 0 Å². The SMILES string of the molecule is CN(C)c1ccncc1NCc1nccn1C. The van der Waals surface area contributed by atoms with Crippen LogP contribution < -0.4 is 10.2 Å². The smallest absolute Gasteiger partial charge is 0.127 e. The summed E-state index contributed by atoms with van der Waals surface area (Å²) < 4.78 is 2.00. The molecule has 17 heavy (non-hydrogen) atoms. The van der Waals surface area contributed by atoms with Crippen LogP contribution in [-0.2, 0) is 13.6 Å². The maximum absolute atomic E-state index is 4.27. The van der Waals surface area contributed by atoms with Gasteiger partial charge in [0.1, 0.15) is 5.82 Å². The van der Waals surface area contributed by atoms with E-state index in [1.807, 2.05) is 44.2 Å². The molecule has 2 aromatic rings. The largest absolute Gasteiger partial charge is 0.376 e. The van der Waals surface area contributed by atoms with Crippen molar-refractivity contribution in [2.75, 3.05) is 24.3 Å². The molecule has 1 N–H and O–H groups in total. The standard InChI is InChI=1S/C12H17N5/c1-16(2)11-4-5-13-8-10(11)15-9-12-14-6-7-17(12)3/h4-8,15H,9H2,1-3H3. The third-order valence-electron chi connectivity index (χ3n) is 2.64. The van der Waals surface area contributed by atoms with E-state index in [1.165, 1.54) is 0 Å². The van der Waals surface area contributed by atoms with Gasteiger partial charge in [-0.3, -0.25) is 4.98 Å². The Kier molecular flexibility index (Phi) is 3.27. The summed E-state index contributed by atoms with van der Waals surface area (Å²) in [5, 5.41) is 3.35. The van der Waals surface area contributed by atoms with Crippen LogP contribution in [-0.4, -0.2) is 28.6 Å². The Balaban J connectivity index is 2.11. The second kappa shape index (κ2) is 4.86.